The molecule has 1 amide bonds. The van der Waals surface area contributed by atoms with Crippen LogP contribution in [0, 0.1) is 0 Å². The number of aromatic amines is 1. The molecule has 8 N–H and O–H groups in total. The molecule has 182 valence electrons. The van der Waals surface area contributed by atoms with Gasteiger partial charge in [-0.2, -0.15) is 4.98 Å². The van der Waals surface area contributed by atoms with Crippen molar-refractivity contribution in [3.8, 4) is 0 Å². The maximum atomic E-state index is 12.4. The summed E-state index contributed by atoms with van der Waals surface area (Å²) in [7, 11) is 0. The van der Waals surface area contributed by atoms with Crippen LogP contribution in [-0.4, -0.2) is 69.5 Å². The molecule has 2 atom stereocenters. The number of carbonyl (C=O) groups is 3. The van der Waals surface area contributed by atoms with E-state index >= 15 is 0 Å². The van der Waals surface area contributed by atoms with Gasteiger partial charge in [0.2, 0.25) is 5.95 Å². The Balaban J connectivity index is 1.61. The Morgan fingerprint density at radius 1 is 1.29 bits per heavy atom. The van der Waals surface area contributed by atoms with Gasteiger partial charge in [-0.05, 0) is 30.7 Å². The number of amides is 1. The number of benzene rings is 1. The van der Waals surface area contributed by atoms with Crippen molar-refractivity contribution in [3.05, 3.63) is 40.2 Å². The van der Waals surface area contributed by atoms with Gasteiger partial charge in [0.15, 0.2) is 11.5 Å². The molecule has 0 bridgehead atoms. The number of nitrogens with one attached hydrogen (secondary N) is 4. The van der Waals surface area contributed by atoms with Crippen LogP contribution in [-0.2, 0) is 9.59 Å². The summed E-state index contributed by atoms with van der Waals surface area (Å²) >= 11 is 1.39. The van der Waals surface area contributed by atoms with E-state index in [2.05, 4.69) is 25.9 Å². The predicted molar refractivity (Wildman–Crippen MR) is 128 cm³/mol. The molecule has 3 rings (SSSR count). The van der Waals surface area contributed by atoms with Gasteiger partial charge in [0.25, 0.3) is 11.5 Å². The lowest BCUT2D eigenvalue weighted by Gasteiger charge is -2.36. The lowest BCUT2D eigenvalue weighted by Crippen LogP contribution is -2.47. The van der Waals surface area contributed by atoms with Crippen molar-refractivity contribution in [1.29, 1.82) is 0 Å². The van der Waals surface area contributed by atoms with Crippen LogP contribution < -0.4 is 31.5 Å². The Kier molecular flexibility index (Phi) is 7.83. The van der Waals surface area contributed by atoms with Gasteiger partial charge in [-0.1, -0.05) is 11.9 Å². The molecule has 0 spiro atoms. The normalized spacial score (nSPS) is 15.6. The first-order valence-corrected chi connectivity index (χ1v) is 11.4. The predicted octanol–water partition coefficient (Wildman–Crippen LogP) is 0.391. The number of anilines is 4. The summed E-state index contributed by atoms with van der Waals surface area (Å²) in [6.07, 6.45) is 1.26. The van der Waals surface area contributed by atoms with Crippen LogP contribution in [0.15, 0.2) is 29.1 Å². The third-order valence-corrected chi connectivity index (χ3v) is 5.98. The fourth-order valence-corrected chi connectivity index (χ4v) is 4.23. The first-order chi connectivity index (χ1) is 16.2. The summed E-state index contributed by atoms with van der Waals surface area (Å²) in [5, 5.41) is 26.6. The highest BCUT2D eigenvalue weighted by molar-refractivity contribution is 8.00. The average molecular weight is 492 g/mol. The van der Waals surface area contributed by atoms with Crippen molar-refractivity contribution in [1.82, 2.24) is 15.3 Å². The summed E-state index contributed by atoms with van der Waals surface area (Å²) in [6.45, 7) is 0.989. The minimum atomic E-state index is -1.30. The second kappa shape index (κ2) is 10.8. The molecule has 0 saturated carbocycles. The lowest BCUT2D eigenvalue weighted by molar-refractivity contribution is -0.140. The fourth-order valence-electron chi connectivity index (χ4n) is 3.43. The van der Waals surface area contributed by atoms with E-state index in [9.17, 15) is 24.3 Å². The summed E-state index contributed by atoms with van der Waals surface area (Å²) in [4.78, 5) is 53.3. The van der Waals surface area contributed by atoms with Gasteiger partial charge in [0.1, 0.15) is 6.04 Å². The van der Waals surface area contributed by atoms with E-state index in [1.54, 1.807) is 12.1 Å². The van der Waals surface area contributed by atoms with Crippen molar-refractivity contribution in [2.75, 3.05) is 40.0 Å². The van der Waals surface area contributed by atoms with Gasteiger partial charge in [-0.15, -0.1) is 0 Å². The van der Waals surface area contributed by atoms with Crippen molar-refractivity contribution in [2.45, 2.75) is 24.9 Å². The van der Waals surface area contributed by atoms with Gasteiger partial charge in [-0.25, -0.2) is 4.79 Å². The molecule has 1 aliphatic heterocycles. The lowest BCUT2D eigenvalue weighted by atomic mass is 10.1. The van der Waals surface area contributed by atoms with E-state index in [4.69, 9.17) is 10.8 Å². The molecule has 13 nitrogen and oxygen atoms in total. The standard InChI is InChI=1S/C20H25N7O6S/c1-34-27-12(9-23-16-15(27)18(31)26-20(21)25-16)8-22-11-4-2-10(3-5-11)17(30)24-13(19(32)33)6-7-14(28)29/h2-5,12-13,22H,6-9H2,1H3,(H,24,30)(H,28,29)(H,32,33)(H4,21,23,25,26,31)/t12?,13-/m0/s1. The van der Waals surface area contributed by atoms with Crippen LogP contribution in [0.2, 0.25) is 0 Å². The molecule has 0 saturated heterocycles. The number of aliphatic carboxylic acids is 2. The van der Waals surface area contributed by atoms with Crippen LogP contribution in [0.25, 0.3) is 0 Å². The summed E-state index contributed by atoms with van der Waals surface area (Å²) in [6, 6.07) is 5.02. The van der Waals surface area contributed by atoms with Crippen LogP contribution in [0.5, 0.6) is 0 Å². The number of rotatable bonds is 10. The number of carboxylic acid groups (broad SMARTS) is 2. The molecule has 14 heteroatoms. The monoisotopic (exact) mass is 491 g/mol. The van der Waals surface area contributed by atoms with Crippen molar-refractivity contribution < 1.29 is 24.6 Å². The van der Waals surface area contributed by atoms with Gasteiger partial charge in [0.05, 0.1) is 6.04 Å². The number of aromatic nitrogens is 2. The zero-order valence-electron chi connectivity index (χ0n) is 18.2. The van der Waals surface area contributed by atoms with E-state index in [1.807, 2.05) is 10.6 Å². The number of carbonyl (C=O) groups excluding carboxylic acids is 1. The van der Waals surface area contributed by atoms with Gasteiger partial charge < -0.3 is 36.2 Å². The average Bonchev–Trinajstić information content (AvgIpc) is 2.79. The highest BCUT2D eigenvalue weighted by Crippen LogP contribution is 2.31. The molecule has 34 heavy (non-hydrogen) atoms. The molecule has 1 unspecified atom stereocenters. The third kappa shape index (κ3) is 5.89. The fraction of sp³-hybridized carbons (Fsp3) is 0.350. The Bertz CT molecular complexity index is 1120. The van der Waals surface area contributed by atoms with Crippen molar-refractivity contribution >= 4 is 52.9 Å². The van der Waals surface area contributed by atoms with Crippen LogP contribution in [0.4, 0.5) is 23.1 Å². The smallest absolute Gasteiger partial charge is 0.326 e. The highest BCUT2D eigenvalue weighted by Gasteiger charge is 2.30. The molecule has 1 aliphatic rings. The zero-order chi connectivity index (χ0) is 24.8. The number of hydrogen-bond acceptors (Lipinski definition) is 10. The largest absolute Gasteiger partial charge is 0.481 e. The van der Waals surface area contributed by atoms with E-state index < -0.39 is 23.9 Å². The number of nitrogens with zero attached hydrogens (tertiary/aromatic N) is 2. The molecule has 0 aliphatic carbocycles. The summed E-state index contributed by atoms with van der Waals surface area (Å²) in [5.41, 5.74) is 6.62. The van der Waals surface area contributed by atoms with Crippen LogP contribution >= 0.6 is 11.9 Å². The Morgan fingerprint density at radius 2 is 2.00 bits per heavy atom. The number of carboxylic acids is 2. The van der Waals surface area contributed by atoms with E-state index in [-0.39, 0.29) is 36.0 Å². The number of nitrogen functional groups attached to an aromatic ring is 1. The molecular weight excluding hydrogens is 466 g/mol. The zero-order valence-corrected chi connectivity index (χ0v) is 19.0. The minimum absolute atomic E-state index is 0.0366. The van der Waals surface area contributed by atoms with Gasteiger partial charge in [0, 0.05) is 37.0 Å². The molecule has 2 aromatic rings. The molecule has 0 radical (unpaired) electrons. The minimum Gasteiger partial charge on any atom is -0.481 e. The van der Waals surface area contributed by atoms with E-state index in [0.29, 0.717) is 30.3 Å². The maximum Gasteiger partial charge on any atom is 0.326 e. The second-order valence-corrected chi connectivity index (χ2v) is 8.20. The number of fused-ring (bicyclic) bond motifs is 1. The van der Waals surface area contributed by atoms with Crippen molar-refractivity contribution in [3.63, 3.8) is 0 Å². The number of nitrogens with two attached hydrogens (primary N) is 1. The first kappa shape index (κ1) is 24.7. The first-order valence-electron chi connectivity index (χ1n) is 10.3. The molecule has 0 fully saturated rings. The topological polar surface area (TPSA) is 203 Å². The second-order valence-electron chi connectivity index (χ2n) is 7.45. The number of hydrogen-bond donors (Lipinski definition) is 7. The molecule has 2 heterocycles. The van der Waals surface area contributed by atoms with Gasteiger partial charge >= 0.3 is 11.9 Å². The van der Waals surface area contributed by atoms with Crippen LogP contribution in [0.3, 0.4) is 0 Å². The van der Waals surface area contributed by atoms with Gasteiger partial charge in [-0.3, -0.25) is 19.4 Å². The Morgan fingerprint density at radius 3 is 2.62 bits per heavy atom. The molecule has 1 aromatic carbocycles. The number of H-pyrrole nitrogens is 1. The third-order valence-electron chi connectivity index (χ3n) is 5.11. The molecule has 1 aromatic heterocycles. The van der Waals surface area contributed by atoms with Crippen LogP contribution in [0.1, 0.15) is 23.2 Å². The van der Waals surface area contributed by atoms with E-state index in [0.717, 1.165) is 0 Å². The maximum absolute atomic E-state index is 12.4. The summed E-state index contributed by atoms with van der Waals surface area (Å²) in [5.74, 6) is -2.60. The van der Waals surface area contributed by atoms with Crippen molar-refractivity contribution in [2.24, 2.45) is 0 Å². The quantitative estimate of drug-likeness (QED) is 0.226. The molecular formula is C20H25N7O6S. The van der Waals surface area contributed by atoms with E-state index in [1.165, 1.54) is 24.1 Å². The highest BCUT2D eigenvalue weighted by atomic mass is 32.2. The Labute approximate surface area is 198 Å². The SMILES string of the molecule is CSN1c2c(nc(N)[nH]c2=O)NCC1CNc1ccc(C(=O)N[C@@H](CCC(=O)O)C(=O)O)cc1. The summed E-state index contributed by atoms with van der Waals surface area (Å²) < 4.78 is 1.86. The Hall–Kier alpha value is -3.94.